The van der Waals surface area contributed by atoms with Crippen LogP contribution in [0.5, 0.6) is 5.19 Å². The van der Waals surface area contributed by atoms with Crippen LogP contribution >= 0.6 is 22.7 Å². The molecule has 0 N–H and O–H groups in total. The predicted molar refractivity (Wildman–Crippen MR) is 97.0 cm³/mol. The highest BCUT2D eigenvalue weighted by Gasteiger charge is 2.26. The molecule has 4 rings (SSSR count). The van der Waals surface area contributed by atoms with E-state index in [1.807, 2.05) is 40.6 Å². The van der Waals surface area contributed by atoms with E-state index < -0.39 is 0 Å². The highest BCUT2D eigenvalue weighted by Crippen LogP contribution is 2.25. The smallest absolute Gasteiger partial charge is 0.294 e. The van der Waals surface area contributed by atoms with Gasteiger partial charge in [0, 0.05) is 36.9 Å². The standard InChI is InChI=1S/C17H16N4O2S2/c22-16(14-10-24-15(19-14)12-4-2-1-3-5-12)21-8-6-13(7-9-21)23-17-20-18-11-25-17/h1-5,10-11,13H,6-9H2. The zero-order valence-corrected chi connectivity index (χ0v) is 15.0. The Kier molecular flexibility index (Phi) is 4.71. The lowest BCUT2D eigenvalue weighted by Crippen LogP contribution is -2.41. The van der Waals surface area contributed by atoms with Crippen molar-refractivity contribution in [1.82, 2.24) is 20.1 Å². The lowest BCUT2D eigenvalue weighted by molar-refractivity contribution is 0.0589. The number of aromatic nitrogens is 3. The van der Waals surface area contributed by atoms with Gasteiger partial charge < -0.3 is 9.64 Å². The monoisotopic (exact) mass is 372 g/mol. The molecule has 0 saturated carbocycles. The molecule has 8 heteroatoms. The molecule has 6 nitrogen and oxygen atoms in total. The van der Waals surface area contributed by atoms with Gasteiger partial charge in [0.2, 0.25) is 0 Å². The van der Waals surface area contributed by atoms with Crippen LogP contribution < -0.4 is 4.74 Å². The molecule has 0 aliphatic carbocycles. The second-order valence-corrected chi connectivity index (χ2v) is 7.37. The minimum Gasteiger partial charge on any atom is -0.465 e. The molecule has 25 heavy (non-hydrogen) atoms. The van der Waals surface area contributed by atoms with E-state index >= 15 is 0 Å². The largest absolute Gasteiger partial charge is 0.465 e. The molecule has 0 atom stereocenters. The molecule has 1 aromatic carbocycles. The maximum Gasteiger partial charge on any atom is 0.294 e. The van der Waals surface area contributed by atoms with Crippen molar-refractivity contribution in [3.8, 4) is 15.8 Å². The number of carbonyl (C=O) groups excluding carboxylic acids is 1. The number of ether oxygens (including phenoxy) is 1. The highest BCUT2D eigenvalue weighted by atomic mass is 32.1. The first-order valence-electron chi connectivity index (χ1n) is 8.02. The third-order valence-electron chi connectivity index (χ3n) is 4.08. The summed E-state index contributed by atoms with van der Waals surface area (Å²) in [6.45, 7) is 1.33. The molecule has 3 heterocycles. The molecule has 1 aliphatic heterocycles. The van der Waals surface area contributed by atoms with E-state index in [9.17, 15) is 4.79 Å². The van der Waals surface area contributed by atoms with Gasteiger partial charge in [0.1, 0.15) is 22.3 Å². The van der Waals surface area contributed by atoms with Crippen molar-refractivity contribution < 1.29 is 9.53 Å². The van der Waals surface area contributed by atoms with E-state index in [1.54, 1.807) is 5.51 Å². The van der Waals surface area contributed by atoms with Gasteiger partial charge in [0.15, 0.2) is 0 Å². The Balaban J connectivity index is 1.37. The Hall–Kier alpha value is -2.32. The third-order valence-corrected chi connectivity index (χ3v) is 5.55. The summed E-state index contributed by atoms with van der Waals surface area (Å²) in [7, 11) is 0. The first-order chi connectivity index (χ1) is 12.3. The zero-order valence-electron chi connectivity index (χ0n) is 13.4. The van der Waals surface area contributed by atoms with Gasteiger partial charge in [0.25, 0.3) is 11.1 Å². The first-order valence-corrected chi connectivity index (χ1v) is 9.78. The van der Waals surface area contributed by atoms with Crippen molar-refractivity contribution in [3.63, 3.8) is 0 Å². The number of benzene rings is 1. The lowest BCUT2D eigenvalue weighted by atomic mass is 10.1. The Labute approximate surface area is 153 Å². The molecular formula is C17H16N4O2S2. The summed E-state index contributed by atoms with van der Waals surface area (Å²) in [6.07, 6.45) is 1.68. The fourth-order valence-corrected chi connectivity index (χ4v) is 4.05. The molecule has 0 spiro atoms. The number of nitrogens with zero attached hydrogens (tertiary/aromatic N) is 4. The average Bonchev–Trinajstić information content (AvgIpc) is 3.34. The van der Waals surface area contributed by atoms with E-state index in [0.29, 0.717) is 24.0 Å². The summed E-state index contributed by atoms with van der Waals surface area (Å²) >= 11 is 2.89. The van der Waals surface area contributed by atoms with E-state index in [4.69, 9.17) is 4.74 Å². The summed E-state index contributed by atoms with van der Waals surface area (Å²) in [5.74, 6) is -0.00667. The van der Waals surface area contributed by atoms with E-state index in [1.165, 1.54) is 22.7 Å². The number of likely N-dealkylation sites (tertiary alicyclic amines) is 1. The van der Waals surface area contributed by atoms with Crippen molar-refractivity contribution in [2.24, 2.45) is 0 Å². The molecule has 0 radical (unpaired) electrons. The van der Waals surface area contributed by atoms with Crippen LogP contribution in [0.1, 0.15) is 23.3 Å². The molecule has 3 aromatic rings. The fraction of sp³-hybridized carbons (Fsp3) is 0.294. The Morgan fingerprint density at radius 2 is 1.96 bits per heavy atom. The number of piperidine rings is 1. The fourth-order valence-electron chi connectivity index (χ4n) is 2.78. The van der Waals surface area contributed by atoms with Crippen molar-refractivity contribution in [2.45, 2.75) is 18.9 Å². The number of carbonyl (C=O) groups is 1. The van der Waals surface area contributed by atoms with Gasteiger partial charge in [-0.3, -0.25) is 4.79 Å². The lowest BCUT2D eigenvalue weighted by Gasteiger charge is -2.31. The van der Waals surface area contributed by atoms with Crippen molar-refractivity contribution in [1.29, 1.82) is 0 Å². The second-order valence-electron chi connectivity index (χ2n) is 5.72. The average molecular weight is 372 g/mol. The Morgan fingerprint density at radius 3 is 2.68 bits per heavy atom. The van der Waals surface area contributed by atoms with Crippen molar-refractivity contribution in [3.05, 3.63) is 46.9 Å². The highest BCUT2D eigenvalue weighted by molar-refractivity contribution is 7.13. The summed E-state index contributed by atoms with van der Waals surface area (Å²) in [5.41, 5.74) is 3.21. The van der Waals surface area contributed by atoms with Crippen LogP contribution in [0.15, 0.2) is 41.2 Å². The first kappa shape index (κ1) is 16.2. The van der Waals surface area contributed by atoms with Crippen molar-refractivity contribution in [2.75, 3.05) is 13.1 Å². The molecule has 1 saturated heterocycles. The van der Waals surface area contributed by atoms with Crippen molar-refractivity contribution >= 4 is 28.6 Å². The minimum absolute atomic E-state index is 0.00667. The summed E-state index contributed by atoms with van der Waals surface area (Å²) < 4.78 is 5.78. The van der Waals surface area contributed by atoms with Gasteiger partial charge >= 0.3 is 0 Å². The van der Waals surface area contributed by atoms with Gasteiger partial charge in [-0.2, -0.15) is 0 Å². The van der Waals surface area contributed by atoms with Crippen LogP contribution in [0.25, 0.3) is 10.6 Å². The molecule has 1 aliphatic rings. The molecule has 1 fully saturated rings. The molecule has 2 aromatic heterocycles. The van der Waals surface area contributed by atoms with Crippen LogP contribution in [0.2, 0.25) is 0 Å². The van der Waals surface area contributed by atoms with Gasteiger partial charge in [-0.15, -0.1) is 21.5 Å². The quantitative estimate of drug-likeness (QED) is 0.702. The number of hydrogen-bond acceptors (Lipinski definition) is 7. The number of hydrogen-bond donors (Lipinski definition) is 0. The van der Waals surface area contributed by atoms with Crippen LogP contribution in [-0.2, 0) is 0 Å². The Morgan fingerprint density at radius 1 is 1.16 bits per heavy atom. The minimum atomic E-state index is -0.00667. The normalized spacial score (nSPS) is 15.3. The van der Waals surface area contributed by atoms with E-state index in [-0.39, 0.29) is 12.0 Å². The maximum atomic E-state index is 12.7. The predicted octanol–water partition coefficient (Wildman–Crippen LogP) is 3.35. The van der Waals surface area contributed by atoms with Crippen LogP contribution in [0, 0.1) is 0 Å². The van der Waals surface area contributed by atoms with Crippen LogP contribution in [0.4, 0.5) is 0 Å². The number of amides is 1. The molecule has 128 valence electrons. The number of rotatable bonds is 4. The SMILES string of the molecule is O=C(c1csc(-c2ccccc2)n1)N1CCC(Oc2nncs2)CC1. The molecular weight excluding hydrogens is 356 g/mol. The summed E-state index contributed by atoms with van der Waals surface area (Å²) in [6, 6.07) is 9.92. The second kappa shape index (κ2) is 7.28. The molecule has 0 bridgehead atoms. The third kappa shape index (κ3) is 3.69. The zero-order chi connectivity index (χ0) is 17.1. The van der Waals surface area contributed by atoms with E-state index in [0.717, 1.165) is 23.4 Å². The van der Waals surface area contributed by atoms with Gasteiger partial charge in [-0.25, -0.2) is 4.98 Å². The van der Waals surface area contributed by atoms with E-state index in [2.05, 4.69) is 15.2 Å². The number of thiazole rings is 1. The topological polar surface area (TPSA) is 68.2 Å². The Bertz CT molecular complexity index is 827. The van der Waals surface area contributed by atoms with Crippen LogP contribution in [0.3, 0.4) is 0 Å². The van der Waals surface area contributed by atoms with Gasteiger partial charge in [0.05, 0.1) is 0 Å². The van der Waals surface area contributed by atoms with Gasteiger partial charge in [-0.05, 0) is 0 Å². The van der Waals surface area contributed by atoms with Crippen LogP contribution in [-0.4, -0.2) is 45.2 Å². The van der Waals surface area contributed by atoms with Gasteiger partial charge in [-0.1, -0.05) is 41.7 Å². The summed E-state index contributed by atoms with van der Waals surface area (Å²) in [4.78, 5) is 19.0. The molecule has 1 amide bonds. The summed E-state index contributed by atoms with van der Waals surface area (Å²) in [5, 5.41) is 11.0. The molecule has 0 unspecified atom stereocenters. The maximum absolute atomic E-state index is 12.7.